The molecule has 0 aromatic carbocycles. The van der Waals surface area contributed by atoms with E-state index in [1.807, 2.05) is 6.92 Å². The molecular weight excluding hydrogens is 206 g/mol. The Bertz CT molecular complexity index is 303. The molecule has 0 amide bonds. The Morgan fingerprint density at radius 2 is 2.20 bits per heavy atom. The molecule has 3 nitrogen and oxygen atoms in total. The van der Waals surface area contributed by atoms with Gasteiger partial charge in [-0.1, -0.05) is 0 Å². The molecule has 15 heavy (non-hydrogen) atoms. The molecule has 1 heterocycles. The molecule has 1 aromatic heterocycles. The van der Waals surface area contributed by atoms with Crippen LogP contribution in [0.4, 0.5) is 0 Å². The molecule has 0 radical (unpaired) electrons. The molecule has 1 aliphatic rings. The minimum Gasteiger partial charge on any atom is -0.328 e. The number of aryl methyl sites for hydroxylation is 1. The highest BCUT2D eigenvalue weighted by atomic mass is 32.1. The Morgan fingerprint density at radius 3 is 2.80 bits per heavy atom. The van der Waals surface area contributed by atoms with Gasteiger partial charge in [-0.05, 0) is 32.6 Å². The van der Waals surface area contributed by atoms with Crippen LogP contribution in [-0.4, -0.2) is 17.1 Å². The minimum atomic E-state index is 0.435. The average Bonchev–Trinajstić information content (AvgIpc) is 2.64. The first-order chi connectivity index (χ1) is 7.24. The van der Waals surface area contributed by atoms with Crippen molar-refractivity contribution in [1.82, 2.24) is 10.3 Å². The Morgan fingerprint density at radius 1 is 1.47 bits per heavy atom. The maximum Gasteiger partial charge on any atom is 0.0897 e. The summed E-state index contributed by atoms with van der Waals surface area (Å²) in [6, 6.07) is 1.08. The summed E-state index contributed by atoms with van der Waals surface area (Å²) >= 11 is 1.72. The van der Waals surface area contributed by atoms with Crippen LogP contribution in [0.1, 0.15) is 36.4 Å². The smallest absolute Gasteiger partial charge is 0.0897 e. The van der Waals surface area contributed by atoms with Gasteiger partial charge in [0, 0.05) is 24.0 Å². The van der Waals surface area contributed by atoms with E-state index < -0.39 is 0 Å². The zero-order chi connectivity index (χ0) is 10.7. The van der Waals surface area contributed by atoms with Crippen LogP contribution in [0.25, 0.3) is 0 Å². The van der Waals surface area contributed by atoms with Gasteiger partial charge < -0.3 is 11.1 Å². The number of hydrogen-bond acceptors (Lipinski definition) is 4. The molecule has 0 atom stereocenters. The number of hydrogen-bond donors (Lipinski definition) is 2. The monoisotopic (exact) mass is 225 g/mol. The van der Waals surface area contributed by atoms with Crippen molar-refractivity contribution in [3.05, 3.63) is 16.1 Å². The lowest BCUT2D eigenvalue weighted by Gasteiger charge is -2.26. The predicted molar refractivity (Wildman–Crippen MR) is 63.9 cm³/mol. The van der Waals surface area contributed by atoms with Gasteiger partial charge in [-0.2, -0.15) is 0 Å². The van der Waals surface area contributed by atoms with E-state index in [1.165, 1.54) is 18.5 Å². The van der Waals surface area contributed by atoms with Crippen molar-refractivity contribution < 1.29 is 0 Å². The van der Waals surface area contributed by atoms with E-state index in [0.29, 0.717) is 12.1 Å². The lowest BCUT2D eigenvalue weighted by atomic mass is 9.92. The van der Waals surface area contributed by atoms with Gasteiger partial charge in [0.25, 0.3) is 0 Å². The van der Waals surface area contributed by atoms with Gasteiger partial charge in [0.1, 0.15) is 0 Å². The molecule has 2 rings (SSSR count). The summed E-state index contributed by atoms with van der Waals surface area (Å²) in [6.07, 6.45) is 4.75. The number of nitrogens with zero attached hydrogens (tertiary/aromatic N) is 1. The molecule has 4 heteroatoms. The number of aromatic nitrogens is 1. The fraction of sp³-hybridized carbons (Fsp3) is 0.727. The summed E-state index contributed by atoms with van der Waals surface area (Å²) in [6.45, 7) is 2.96. The third kappa shape index (κ3) is 3.26. The summed E-state index contributed by atoms with van der Waals surface area (Å²) in [5.74, 6) is 0. The van der Waals surface area contributed by atoms with Gasteiger partial charge in [-0.15, -0.1) is 11.3 Å². The van der Waals surface area contributed by atoms with E-state index in [4.69, 9.17) is 5.73 Å². The molecule has 3 N–H and O–H groups in total. The van der Waals surface area contributed by atoms with Crippen molar-refractivity contribution in [2.24, 2.45) is 5.73 Å². The second-order valence-corrected chi connectivity index (χ2v) is 5.41. The molecule has 1 saturated carbocycles. The van der Waals surface area contributed by atoms with Crippen LogP contribution in [0, 0.1) is 6.92 Å². The molecule has 1 aliphatic carbocycles. The maximum atomic E-state index is 5.87. The van der Waals surface area contributed by atoms with Gasteiger partial charge in [-0.3, -0.25) is 0 Å². The predicted octanol–water partition coefficient (Wildman–Crippen LogP) is 1.81. The van der Waals surface area contributed by atoms with Gasteiger partial charge in [-0.25, -0.2) is 4.98 Å². The molecule has 84 valence electrons. The van der Waals surface area contributed by atoms with Crippen LogP contribution in [0.3, 0.4) is 0 Å². The van der Waals surface area contributed by atoms with Crippen molar-refractivity contribution in [3.8, 4) is 0 Å². The number of thiazole rings is 1. The number of nitrogens with two attached hydrogens (primary N) is 1. The van der Waals surface area contributed by atoms with Crippen molar-refractivity contribution in [3.63, 3.8) is 0 Å². The Balaban J connectivity index is 1.74. The molecule has 1 aromatic rings. The first kappa shape index (κ1) is 11.0. The fourth-order valence-electron chi connectivity index (χ4n) is 2.06. The second kappa shape index (κ2) is 5.05. The van der Waals surface area contributed by atoms with Crippen LogP contribution < -0.4 is 11.1 Å². The van der Waals surface area contributed by atoms with E-state index >= 15 is 0 Å². The average molecular weight is 225 g/mol. The summed E-state index contributed by atoms with van der Waals surface area (Å²) in [7, 11) is 0. The third-order valence-corrected chi connectivity index (χ3v) is 3.83. The van der Waals surface area contributed by atoms with Crippen LogP contribution in [-0.2, 0) is 6.54 Å². The van der Waals surface area contributed by atoms with E-state index in [1.54, 1.807) is 11.3 Å². The lowest BCUT2D eigenvalue weighted by Crippen LogP contribution is -2.37. The van der Waals surface area contributed by atoms with E-state index in [9.17, 15) is 0 Å². The summed E-state index contributed by atoms with van der Waals surface area (Å²) in [5, 5.41) is 6.85. The van der Waals surface area contributed by atoms with Crippen molar-refractivity contribution in [2.75, 3.05) is 0 Å². The number of rotatable bonds is 3. The third-order valence-electron chi connectivity index (χ3n) is 3.01. The molecule has 0 spiro atoms. The molecule has 0 bridgehead atoms. The Kier molecular flexibility index (Phi) is 3.72. The zero-order valence-corrected chi connectivity index (χ0v) is 10.0. The van der Waals surface area contributed by atoms with Crippen LogP contribution in [0.5, 0.6) is 0 Å². The highest BCUT2D eigenvalue weighted by Gasteiger charge is 2.17. The van der Waals surface area contributed by atoms with Gasteiger partial charge in [0.15, 0.2) is 0 Å². The molecule has 0 saturated heterocycles. The highest BCUT2D eigenvalue weighted by molar-refractivity contribution is 7.09. The zero-order valence-electron chi connectivity index (χ0n) is 9.20. The first-order valence-corrected chi connectivity index (χ1v) is 6.52. The topological polar surface area (TPSA) is 50.9 Å². The molecular formula is C11H19N3S. The van der Waals surface area contributed by atoms with Crippen molar-refractivity contribution in [2.45, 2.75) is 51.2 Å². The minimum absolute atomic E-state index is 0.435. The van der Waals surface area contributed by atoms with E-state index in [-0.39, 0.29) is 0 Å². The molecule has 0 aliphatic heterocycles. The second-order valence-electron chi connectivity index (χ2n) is 4.35. The largest absolute Gasteiger partial charge is 0.328 e. The van der Waals surface area contributed by atoms with Gasteiger partial charge in [0.2, 0.25) is 0 Å². The van der Waals surface area contributed by atoms with Gasteiger partial charge in [0.05, 0.1) is 10.7 Å². The standard InChI is InChI=1S/C11H19N3S/c1-8-14-11(7-15-8)6-13-10-4-2-9(12)3-5-10/h7,9-10,13H,2-6,12H2,1H3. The van der Waals surface area contributed by atoms with E-state index in [0.717, 1.165) is 24.4 Å². The lowest BCUT2D eigenvalue weighted by molar-refractivity contribution is 0.341. The van der Waals surface area contributed by atoms with Crippen LogP contribution in [0.15, 0.2) is 5.38 Å². The number of nitrogens with one attached hydrogen (secondary N) is 1. The normalized spacial score (nSPS) is 26.8. The summed E-state index contributed by atoms with van der Waals surface area (Å²) in [4.78, 5) is 4.44. The summed E-state index contributed by atoms with van der Waals surface area (Å²) in [5.41, 5.74) is 7.04. The van der Waals surface area contributed by atoms with Crippen LogP contribution >= 0.6 is 11.3 Å². The first-order valence-electron chi connectivity index (χ1n) is 5.64. The Hall–Kier alpha value is -0.450. The van der Waals surface area contributed by atoms with Gasteiger partial charge >= 0.3 is 0 Å². The quantitative estimate of drug-likeness (QED) is 0.825. The molecule has 0 unspecified atom stereocenters. The Labute approximate surface area is 95.1 Å². The van der Waals surface area contributed by atoms with Crippen molar-refractivity contribution in [1.29, 1.82) is 0 Å². The van der Waals surface area contributed by atoms with E-state index in [2.05, 4.69) is 15.7 Å². The molecule has 1 fully saturated rings. The van der Waals surface area contributed by atoms with Crippen LogP contribution in [0.2, 0.25) is 0 Å². The highest BCUT2D eigenvalue weighted by Crippen LogP contribution is 2.17. The van der Waals surface area contributed by atoms with Crippen molar-refractivity contribution >= 4 is 11.3 Å². The SMILES string of the molecule is Cc1nc(CNC2CCC(N)CC2)cs1. The summed E-state index contributed by atoms with van der Waals surface area (Å²) < 4.78 is 0. The maximum absolute atomic E-state index is 5.87. The fourth-order valence-corrected chi connectivity index (χ4v) is 2.67.